The zero-order chi connectivity index (χ0) is 17.1. The predicted molar refractivity (Wildman–Crippen MR) is 97.1 cm³/mol. The molecule has 0 radical (unpaired) electrons. The lowest BCUT2D eigenvalue weighted by atomic mass is 9.91. The molecule has 0 saturated heterocycles. The minimum absolute atomic E-state index is 0.0193. The van der Waals surface area contributed by atoms with E-state index in [1.165, 1.54) is 5.56 Å². The second-order valence-electron chi connectivity index (χ2n) is 6.14. The number of aryl methyl sites for hydroxylation is 2. The molecule has 0 aliphatic heterocycles. The smallest absolute Gasteiger partial charge is 0.231 e. The first-order valence-corrected chi connectivity index (χ1v) is 8.17. The molecule has 1 aromatic heterocycles. The van der Waals surface area contributed by atoms with Crippen LogP contribution < -0.4 is 5.32 Å². The zero-order valence-electron chi connectivity index (χ0n) is 14.2. The van der Waals surface area contributed by atoms with Gasteiger partial charge in [-0.3, -0.25) is 4.79 Å². The average Bonchev–Trinajstić information content (AvgIpc) is 2.57. The van der Waals surface area contributed by atoms with Crippen molar-refractivity contribution in [2.24, 2.45) is 0 Å². The van der Waals surface area contributed by atoms with Gasteiger partial charge in [-0.25, -0.2) is 0 Å². The Morgan fingerprint density at radius 2 is 1.79 bits per heavy atom. The first kappa shape index (κ1) is 16.1. The Kier molecular flexibility index (Phi) is 4.56. The van der Waals surface area contributed by atoms with Crippen molar-refractivity contribution in [3.8, 4) is 0 Å². The summed E-state index contributed by atoms with van der Waals surface area (Å²) in [6.07, 6.45) is 4.17. The molecule has 0 fully saturated rings. The van der Waals surface area contributed by atoms with Crippen molar-refractivity contribution in [1.82, 2.24) is 10.2 Å². The molecular formula is C20H21N3O. The summed E-state index contributed by atoms with van der Waals surface area (Å²) in [7, 11) is 0. The standard InChI is InChI=1S/C20H21N3O/c1-4-18(19-8-5-13(2)9-14(19)3)20(24)23-17-7-6-15-11-21-22-12-16(15)10-17/h5-12,18H,4H2,1-3H3,(H,23,24). The molecule has 1 unspecified atom stereocenters. The second-order valence-corrected chi connectivity index (χ2v) is 6.14. The molecule has 3 aromatic rings. The third kappa shape index (κ3) is 3.27. The summed E-state index contributed by atoms with van der Waals surface area (Å²) in [4.78, 5) is 12.8. The first-order chi connectivity index (χ1) is 11.6. The van der Waals surface area contributed by atoms with Crippen LogP contribution in [0.4, 0.5) is 5.69 Å². The molecule has 0 bridgehead atoms. The number of hydrogen-bond acceptors (Lipinski definition) is 3. The summed E-state index contributed by atoms with van der Waals surface area (Å²) in [6, 6.07) is 12.0. The third-order valence-corrected chi connectivity index (χ3v) is 4.34. The predicted octanol–water partition coefficient (Wildman–Crippen LogP) is 4.38. The van der Waals surface area contributed by atoms with E-state index in [9.17, 15) is 4.79 Å². The van der Waals surface area contributed by atoms with E-state index in [1.807, 2.05) is 25.1 Å². The molecule has 1 atom stereocenters. The van der Waals surface area contributed by atoms with Gasteiger partial charge in [-0.2, -0.15) is 10.2 Å². The number of aromatic nitrogens is 2. The van der Waals surface area contributed by atoms with E-state index in [0.29, 0.717) is 0 Å². The van der Waals surface area contributed by atoms with Gasteiger partial charge < -0.3 is 5.32 Å². The maximum atomic E-state index is 12.8. The Bertz CT molecular complexity index is 889. The highest BCUT2D eigenvalue weighted by Crippen LogP contribution is 2.26. The van der Waals surface area contributed by atoms with Crippen LogP contribution in [0.15, 0.2) is 48.8 Å². The zero-order valence-corrected chi connectivity index (χ0v) is 14.2. The molecular weight excluding hydrogens is 298 g/mol. The van der Waals surface area contributed by atoms with Crippen LogP contribution in [0.5, 0.6) is 0 Å². The fourth-order valence-electron chi connectivity index (χ4n) is 3.07. The van der Waals surface area contributed by atoms with E-state index >= 15 is 0 Å². The molecule has 4 heteroatoms. The van der Waals surface area contributed by atoms with Gasteiger partial charge in [-0.05, 0) is 43.5 Å². The van der Waals surface area contributed by atoms with Crippen LogP contribution in [0.25, 0.3) is 10.8 Å². The number of amides is 1. The Labute approximate surface area is 141 Å². The van der Waals surface area contributed by atoms with Gasteiger partial charge in [0.2, 0.25) is 5.91 Å². The number of anilines is 1. The highest BCUT2D eigenvalue weighted by Gasteiger charge is 2.20. The van der Waals surface area contributed by atoms with Crippen molar-refractivity contribution in [1.29, 1.82) is 0 Å². The number of rotatable bonds is 4. The lowest BCUT2D eigenvalue weighted by Gasteiger charge is -2.18. The van der Waals surface area contributed by atoms with E-state index < -0.39 is 0 Å². The molecule has 24 heavy (non-hydrogen) atoms. The molecule has 0 aliphatic rings. The molecule has 0 saturated carbocycles. The van der Waals surface area contributed by atoms with Gasteiger partial charge >= 0.3 is 0 Å². The van der Waals surface area contributed by atoms with Crippen molar-refractivity contribution in [3.05, 3.63) is 65.5 Å². The number of nitrogens with one attached hydrogen (secondary N) is 1. The van der Waals surface area contributed by atoms with Gasteiger partial charge in [0.15, 0.2) is 0 Å². The fraction of sp³-hybridized carbons (Fsp3) is 0.250. The molecule has 1 N–H and O–H groups in total. The van der Waals surface area contributed by atoms with Gasteiger partial charge in [0.05, 0.1) is 18.3 Å². The highest BCUT2D eigenvalue weighted by molar-refractivity contribution is 5.98. The molecule has 122 valence electrons. The van der Waals surface area contributed by atoms with E-state index in [0.717, 1.165) is 34.0 Å². The summed E-state index contributed by atoms with van der Waals surface area (Å²) in [6.45, 7) is 6.17. The number of fused-ring (bicyclic) bond motifs is 1. The van der Waals surface area contributed by atoms with E-state index in [4.69, 9.17) is 0 Å². The molecule has 3 rings (SSSR count). The van der Waals surface area contributed by atoms with Crippen LogP contribution >= 0.6 is 0 Å². The lowest BCUT2D eigenvalue weighted by Crippen LogP contribution is -2.21. The largest absolute Gasteiger partial charge is 0.326 e. The van der Waals surface area contributed by atoms with Gasteiger partial charge in [-0.15, -0.1) is 0 Å². The Morgan fingerprint density at radius 3 is 2.50 bits per heavy atom. The summed E-state index contributed by atoms with van der Waals surface area (Å²) in [5.41, 5.74) is 4.24. The van der Waals surface area contributed by atoms with Crippen molar-refractivity contribution in [2.45, 2.75) is 33.1 Å². The molecule has 2 aromatic carbocycles. The third-order valence-electron chi connectivity index (χ3n) is 4.34. The summed E-state index contributed by atoms with van der Waals surface area (Å²) >= 11 is 0. The Balaban J connectivity index is 1.85. The van der Waals surface area contributed by atoms with Crippen LogP contribution in [0.2, 0.25) is 0 Å². The molecule has 0 aliphatic carbocycles. The number of carbonyl (C=O) groups excluding carboxylic acids is 1. The van der Waals surface area contributed by atoms with E-state index in [-0.39, 0.29) is 11.8 Å². The lowest BCUT2D eigenvalue weighted by molar-refractivity contribution is -0.117. The quantitative estimate of drug-likeness (QED) is 0.776. The monoisotopic (exact) mass is 319 g/mol. The minimum atomic E-state index is -0.156. The molecule has 0 spiro atoms. The van der Waals surface area contributed by atoms with Crippen LogP contribution in [0.3, 0.4) is 0 Å². The number of hydrogen-bond donors (Lipinski definition) is 1. The van der Waals surface area contributed by atoms with Crippen molar-refractivity contribution >= 4 is 22.4 Å². The molecule has 1 amide bonds. The van der Waals surface area contributed by atoms with Crippen molar-refractivity contribution in [2.75, 3.05) is 5.32 Å². The summed E-state index contributed by atoms with van der Waals surface area (Å²) < 4.78 is 0. The fourth-order valence-corrected chi connectivity index (χ4v) is 3.07. The summed E-state index contributed by atoms with van der Waals surface area (Å²) in [5, 5.41) is 12.8. The maximum Gasteiger partial charge on any atom is 0.231 e. The average molecular weight is 319 g/mol. The number of nitrogens with zero attached hydrogens (tertiary/aromatic N) is 2. The first-order valence-electron chi connectivity index (χ1n) is 8.17. The van der Waals surface area contributed by atoms with E-state index in [1.54, 1.807) is 12.4 Å². The Morgan fingerprint density at radius 1 is 1.04 bits per heavy atom. The van der Waals surface area contributed by atoms with Crippen LogP contribution in [0.1, 0.15) is 36.0 Å². The summed E-state index contributed by atoms with van der Waals surface area (Å²) in [5.74, 6) is -0.136. The van der Waals surface area contributed by atoms with E-state index in [2.05, 4.69) is 47.6 Å². The molecule has 4 nitrogen and oxygen atoms in total. The Hall–Kier alpha value is -2.75. The molecule has 1 heterocycles. The number of benzene rings is 2. The SMILES string of the molecule is CCC(C(=O)Nc1ccc2cnncc2c1)c1ccc(C)cc1C. The van der Waals surface area contributed by atoms with Gasteiger partial charge in [0, 0.05) is 16.5 Å². The van der Waals surface area contributed by atoms with Crippen molar-refractivity contribution in [3.63, 3.8) is 0 Å². The highest BCUT2D eigenvalue weighted by atomic mass is 16.1. The van der Waals surface area contributed by atoms with Crippen LogP contribution in [-0.2, 0) is 4.79 Å². The minimum Gasteiger partial charge on any atom is -0.326 e. The van der Waals surface area contributed by atoms with Gasteiger partial charge in [0.1, 0.15) is 0 Å². The maximum absolute atomic E-state index is 12.8. The topological polar surface area (TPSA) is 54.9 Å². The van der Waals surface area contributed by atoms with Crippen LogP contribution in [-0.4, -0.2) is 16.1 Å². The normalized spacial score (nSPS) is 12.1. The van der Waals surface area contributed by atoms with Crippen LogP contribution in [0, 0.1) is 13.8 Å². The van der Waals surface area contributed by atoms with Gasteiger partial charge in [-0.1, -0.05) is 36.8 Å². The van der Waals surface area contributed by atoms with Gasteiger partial charge in [0.25, 0.3) is 0 Å². The number of carbonyl (C=O) groups is 1. The van der Waals surface area contributed by atoms with Crippen molar-refractivity contribution < 1.29 is 4.79 Å². The second kappa shape index (κ2) is 6.79.